The number of nitrogens with two attached hydrogens (primary N) is 1. The molecule has 0 saturated heterocycles. The zero-order chi connectivity index (χ0) is 13.1. The van der Waals surface area contributed by atoms with Crippen LogP contribution < -0.4 is 17.0 Å². The van der Waals surface area contributed by atoms with Crippen LogP contribution in [-0.4, -0.2) is 19.5 Å². The average Bonchev–Trinajstić information content (AvgIpc) is 3.23. The number of aromatic amines is 2. The molecule has 7 heteroatoms. The first-order chi connectivity index (χ1) is 9.15. The molecule has 0 spiro atoms. The zero-order valence-corrected chi connectivity index (χ0v) is 10.3. The van der Waals surface area contributed by atoms with E-state index in [0.29, 0.717) is 17.4 Å². The van der Waals surface area contributed by atoms with Gasteiger partial charge in [-0.15, -0.1) is 0 Å². The molecule has 2 saturated carbocycles. The highest BCUT2D eigenvalue weighted by Crippen LogP contribution is 2.51. The van der Waals surface area contributed by atoms with E-state index in [0.717, 1.165) is 25.7 Å². The second-order valence-electron chi connectivity index (χ2n) is 5.62. The highest BCUT2D eigenvalue weighted by atomic mass is 16.2. The Bertz CT molecular complexity index is 750. The van der Waals surface area contributed by atoms with E-state index in [2.05, 4.69) is 15.0 Å². The van der Waals surface area contributed by atoms with Gasteiger partial charge in [-0.1, -0.05) is 0 Å². The summed E-state index contributed by atoms with van der Waals surface area (Å²) in [6, 6.07) is 0.0465. The predicted molar refractivity (Wildman–Crippen MR) is 69.9 cm³/mol. The highest BCUT2D eigenvalue weighted by molar-refractivity contribution is 5.71. The van der Waals surface area contributed by atoms with Gasteiger partial charge in [0.25, 0.3) is 5.56 Å². The Kier molecular flexibility index (Phi) is 1.99. The monoisotopic (exact) mass is 261 g/mol. The molecular formula is C12H15N5O2. The van der Waals surface area contributed by atoms with Crippen LogP contribution in [0.5, 0.6) is 0 Å². The van der Waals surface area contributed by atoms with Gasteiger partial charge in [0.1, 0.15) is 0 Å². The van der Waals surface area contributed by atoms with Gasteiger partial charge in [-0.2, -0.15) is 4.98 Å². The summed E-state index contributed by atoms with van der Waals surface area (Å²) < 4.78 is 1.38. The summed E-state index contributed by atoms with van der Waals surface area (Å²) in [6.07, 6.45) is 4.43. The Morgan fingerprint density at radius 2 is 1.79 bits per heavy atom. The molecule has 2 heterocycles. The average molecular weight is 261 g/mol. The Balaban J connectivity index is 1.97. The number of imidazole rings is 1. The lowest BCUT2D eigenvalue weighted by molar-refractivity contribution is 0.372. The second-order valence-corrected chi connectivity index (χ2v) is 5.62. The molecule has 0 aliphatic heterocycles. The number of nitrogens with one attached hydrogen (secondary N) is 2. The number of hydrogen-bond donors (Lipinski definition) is 3. The van der Waals surface area contributed by atoms with Gasteiger partial charge in [0, 0.05) is 6.04 Å². The molecule has 19 heavy (non-hydrogen) atoms. The summed E-state index contributed by atoms with van der Waals surface area (Å²) in [4.78, 5) is 34.0. The maximum Gasteiger partial charge on any atom is 0.330 e. The fourth-order valence-electron chi connectivity index (χ4n) is 2.96. The molecule has 7 nitrogen and oxygen atoms in total. The fraction of sp³-hybridized carbons (Fsp3) is 0.583. The van der Waals surface area contributed by atoms with Crippen molar-refractivity contribution >= 4 is 17.1 Å². The minimum atomic E-state index is -0.368. The molecule has 4 rings (SSSR count). The van der Waals surface area contributed by atoms with Gasteiger partial charge in [0.05, 0.1) is 0 Å². The van der Waals surface area contributed by atoms with Crippen LogP contribution >= 0.6 is 0 Å². The minimum Gasteiger partial charge on any atom is -0.369 e. The molecule has 2 fully saturated rings. The van der Waals surface area contributed by atoms with Gasteiger partial charge in [-0.25, -0.2) is 4.79 Å². The van der Waals surface area contributed by atoms with E-state index in [1.165, 1.54) is 4.57 Å². The molecule has 2 aliphatic rings. The quantitative estimate of drug-likeness (QED) is 0.740. The van der Waals surface area contributed by atoms with E-state index >= 15 is 0 Å². The number of nitrogen functional groups attached to an aromatic ring is 1. The molecule has 4 N–H and O–H groups in total. The first-order valence-corrected chi connectivity index (χ1v) is 6.65. The summed E-state index contributed by atoms with van der Waals surface area (Å²) in [5.41, 5.74) is 5.42. The normalized spacial score (nSPS) is 19.4. The highest BCUT2D eigenvalue weighted by Gasteiger charge is 2.44. The topological polar surface area (TPSA) is 110 Å². The van der Waals surface area contributed by atoms with Crippen LogP contribution in [0.4, 0.5) is 5.95 Å². The van der Waals surface area contributed by atoms with Gasteiger partial charge in [-0.05, 0) is 37.5 Å². The minimum absolute atomic E-state index is 0.0465. The Morgan fingerprint density at radius 3 is 2.37 bits per heavy atom. The van der Waals surface area contributed by atoms with Crippen LogP contribution in [0.3, 0.4) is 0 Å². The largest absolute Gasteiger partial charge is 0.369 e. The fourth-order valence-corrected chi connectivity index (χ4v) is 2.96. The number of hydrogen-bond acceptors (Lipinski definition) is 4. The molecular weight excluding hydrogens is 246 g/mol. The molecule has 0 unspecified atom stereocenters. The third-order valence-corrected chi connectivity index (χ3v) is 4.11. The SMILES string of the molecule is Nc1nc2[nH]c(=O)n(C(C3CC3)C3CC3)c(=O)c2[nH]1. The smallest absolute Gasteiger partial charge is 0.330 e. The third kappa shape index (κ3) is 1.61. The molecule has 100 valence electrons. The van der Waals surface area contributed by atoms with Crippen LogP contribution in [0.1, 0.15) is 31.7 Å². The number of nitrogens with zero attached hydrogens (tertiary/aromatic N) is 2. The molecule has 0 atom stereocenters. The van der Waals surface area contributed by atoms with Crippen molar-refractivity contribution in [3.05, 3.63) is 20.8 Å². The number of anilines is 1. The lowest BCUT2D eigenvalue weighted by Gasteiger charge is -2.17. The number of rotatable bonds is 3. The van der Waals surface area contributed by atoms with Gasteiger partial charge in [0.15, 0.2) is 17.1 Å². The third-order valence-electron chi connectivity index (χ3n) is 4.11. The van der Waals surface area contributed by atoms with Crippen molar-refractivity contribution in [2.24, 2.45) is 11.8 Å². The van der Waals surface area contributed by atoms with E-state index < -0.39 is 0 Å². The number of H-pyrrole nitrogens is 2. The first kappa shape index (κ1) is 10.8. The molecule has 2 aliphatic carbocycles. The zero-order valence-electron chi connectivity index (χ0n) is 10.3. The Labute approximate surface area is 107 Å². The van der Waals surface area contributed by atoms with Gasteiger partial charge in [0.2, 0.25) is 0 Å². The van der Waals surface area contributed by atoms with Crippen molar-refractivity contribution in [3.63, 3.8) is 0 Å². The predicted octanol–water partition coefficient (Wildman–Crippen LogP) is 0.356. The van der Waals surface area contributed by atoms with Crippen molar-refractivity contribution in [1.29, 1.82) is 0 Å². The van der Waals surface area contributed by atoms with Crippen molar-refractivity contribution < 1.29 is 0 Å². The van der Waals surface area contributed by atoms with Crippen molar-refractivity contribution in [2.45, 2.75) is 31.7 Å². The Morgan fingerprint density at radius 1 is 1.16 bits per heavy atom. The van der Waals surface area contributed by atoms with Crippen molar-refractivity contribution in [1.82, 2.24) is 19.5 Å². The molecule has 2 aromatic heterocycles. The lowest BCUT2D eigenvalue weighted by atomic mass is 10.1. The van der Waals surface area contributed by atoms with E-state index in [4.69, 9.17) is 5.73 Å². The van der Waals surface area contributed by atoms with Gasteiger partial charge < -0.3 is 10.7 Å². The second kappa shape index (κ2) is 3.49. The molecule has 0 radical (unpaired) electrons. The van der Waals surface area contributed by atoms with E-state index in [9.17, 15) is 9.59 Å². The van der Waals surface area contributed by atoms with E-state index in [1.54, 1.807) is 0 Å². The summed E-state index contributed by atoms with van der Waals surface area (Å²) in [6.45, 7) is 0. The van der Waals surface area contributed by atoms with Crippen LogP contribution in [-0.2, 0) is 0 Å². The number of fused-ring (bicyclic) bond motifs is 1. The summed E-state index contributed by atoms with van der Waals surface area (Å²) >= 11 is 0. The maximum absolute atomic E-state index is 12.5. The first-order valence-electron chi connectivity index (χ1n) is 6.65. The molecule has 0 amide bonds. The van der Waals surface area contributed by atoms with Crippen LogP contribution in [0, 0.1) is 11.8 Å². The maximum atomic E-state index is 12.5. The van der Waals surface area contributed by atoms with E-state index in [1.807, 2.05) is 0 Å². The van der Waals surface area contributed by atoms with Crippen molar-refractivity contribution in [3.8, 4) is 0 Å². The lowest BCUT2D eigenvalue weighted by Crippen LogP contribution is -2.39. The standard InChI is InChI=1S/C12H15N5O2/c13-11-14-7-9(15-11)16-12(19)17(10(7)18)8(5-1-2-5)6-3-4-6/h5-6,8H,1-4H2,(H,16,19)(H3,13,14,15). The van der Waals surface area contributed by atoms with Crippen LogP contribution in [0.25, 0.3) is 11.2 Å². The summed E-state index contributed by atoms with van der Waals surface area (Å²) in [5.74, 6) is 1.10. The van der Waals surface area contributed by atoms with Crippen LogP contribution in [0.15, 0.2) is 9.59 Å². The number of aromatic nitrogens is 4. The van der Waals surface area contributed by atoms with E-state index in [-0.39, 0.29) is 28.9 Å². The van der Waals surface area contributed by atoms with Crippen LogP contribution in [0.2, 0.25) is 0 Å². The molecule has 0 aromatic carbocycles. The molecule has 0 bridgehead atoms. The van der Waals surface area contributed by atoms with Crippen molar-refractivity contribution in [2.75, 3.05) is 5.73 Å². The van der Waals surface area contributed by atoms with Gasteiger partial charge >= 0.3 is 5.69 Å². The summed E-state index contributed by atoms with van der Waals surface area (Å²) in [7, 11) is 0. The summed E-state index contributed by atoms with van der Waals surface area (Å²) in [5, 5.41) is 0. The molecule has 2 aromatic rings. The Hall–Kier alpha value is -2.05. The van der Waals surface area contributed by atoms with Gasteiger partial charge in [-0.3, -0.25) is 14.3 Å².